The zero-order valence-electron chi connectivity index (χ0n) is 12.2. The summed E-state index contributed by atoms with van der Waals surface area (Å²) in [6.07, 6.45) is 2.44. The van der Waals surface area contributed by atoms with Crippen LogP contribution in [0.25, 0.3) is 0 Å². The molecule has 2 rings (SSSR count). The number of anilines is 1. The molecule has 0 unspecified atom stereocenters. The molecule has 0 radical (unpaired) electrons. The lowest BCUT2D eigenvalue weighted by atomic mass is 10.3. The summed E-state index contributed by atoms with van der Waals surface area (Å²) in [6.45, 7) is 6.09. The van der Waals surface area contributed by atoms with Crippen molar-refractivity contribution < 1.29 is 4.74 Å². The van der Waals surface area contributed by atoms with Crippen LogP contribution in [0.2, 0.25) is 5.28 Å². The summed E-state index contributed by atoms with van der Waals surface area (Å²) < 4.78 is 5.56. The number of nitrogens with zero attached hydrogens (tertiary/aromatic N) is 5. The van der Waals surface area contributed by atoms with E-state index < -0.39 is 0 Å². The van der Waals surface area contributed by atoms with Gasteiger partial charge in [0.15, 0.2) is 0 Å². The van der Waals surface area contributed by atoms with Gasteiger partial charge in [0.25, 0.3) is 0 Å². The van der Waals surface area contributed by atoms with E-state index in [2.05, 4.69) is 19.9 Å². The molecule has 0 atom stereocenters. The van der Waals surface area contributed by atoms with E-state index in [0.717, 1.165) is 18.8 Å². The molecule has 0 aliphatic rings. The Hall–Kier alpha value is -1.95. The minimum atomic E-state index is 0.139. The Morgan fingerprint density at radius 2 is 1.95 bits per heavy atom. The molecule has 21 heavy (non-hydrogen) atoms. The highest BCUT2D eigenvalue weighted by Crippen LogP contribution is 2.15. The molecule has 0 aliphatic carbocycles. The first kappa shape index (κ1) is 15.4. The molecule has 0 aliphatic heterocycles. The fourth-order valence-corrected chi connectivity index (χ4v) is 1.98. The Morgan fingerprint density at radius 3 is 2.62 bits per heavy atom. The maximum atomic E-state index is 5.92. The van der Waals surface area contributed by atoms with Crippen LogP contribution < -0.4 is 9.64 Å². The third-order valence-electron chi connectivity index (χ3n) is 2.94. The number of ether oxygens (including phenoxy) is 1. The molecule has 0 bridgehead atoms. The van der Waals surface area contributed by atoms with Crippen molar-refractivity contribution in [3.8, 4) is 6.01 Å². The molecule has 0 saturated heterocycles. The van der Waals surface area contributed by atoms with Crippen LogP contribution in [0.15, 0.2) is 24.4 Å². The van der Waals surface area contributed by atoms with Gasteiger partial charge in [-0.1, -0.05) is 6.07 Å². The van der Waals surface area contributed by atoms with Gasteiger partial charge in [0.1, 0.15) is 0 Å². The van der Waals surface area contributed by atoms with Gasteiger partial charge in [-0.15, -0.1) is 0 Å². The molecule has 0 saturated carbocycles. The molecular formula is C14H18ClN5O. The second-order valence-corrected chi connectivity index (χ2v) is 4.62. The zero-order chi connectivity index (χ0) is 15.1. The minimum absolute atomic E-state index is 0.139. The van der Waals surface area contributed by atoms with E-state index in [0.29, 0.717) is 19.0 Å². The van der Waals surface area contributed by atoms with Crippen molar-refractivity contribution in [3.63, 3.8) is 0 Å². The van der Waals surface area contributed by atoms with Crippen molar-refractivity contribution in [1.29, 1.82) is 0 Å². The Kier molecular flexibility index (Phi) is 5.68. The predicted octanol–water partition coefficient (Wildman–Crippen LogP) is 2.39. The van der Waals surface area contributed by atoms with Crippen LogP contribution in [-0.4, -0.2) is 39.6 Å². The summed E-state index contributed by atoms with van der Waals surface area (Å²) in [5.41, 5.74) is 0.960. The van der Waals surface area contributed by atoms with E-state index in [4.69, 9.17) is 16.3 Å². The highest BCUT2D eigenvalue weighted by Gasteiger charge is 2.11. The fourth-order valence-electron chi connectivity index (χ4n) is 1.83. The quantitative estimate of drug-likeness (QED) is 0.782. The first-order chi connectivity index (χ1) is 10.2. The van der Waals surface area contributed by atoms with Gasteiger partial charge in [-0.2, -0.15) is 15.0 Å². The third-order valence-corrected chi connectivity index (χ3v) is 3.11. The normalized spacial score (nSPS) is 10.4. The predicted molar refractivity (Wildman–Crippen MR) is 81.8 cm³/mol. The number of pyridine rings is 1. The van der Waals surface area contributed by atoms with Crippen LogP contribution in [0.3, 0.4) is 0 Å². The molecule has 2 heterocycles. The van der Waals surface area contributed by atoms with E-state index in [1.165, 1.54) is 0 Å². The van der Waals surface area contributed by atoms with Crippen molar-refractivity contribution in [3.05, 3.63) is 35.4 Å². The summed E-state index contributed by atoms with van der Waals surface area (Å²) >= 11 is 5.92. The van der Waals surface area contributed by atoms with Gasteiger partial charge in [-0.05, 0) is 37.6 Å². The Balaban J connectivity index is 1.99. The van der Waals surface area contributed by atoms with Crippen LogP contribution in [0.5, 0.6) is 6.01 Å². The van der Waals surface area contributed by atoms with E-state index in [1.807, 2.05) is 36.9 Å². The zero-order valence-corrected chi connectivity index (χ0v) is 12.9. The summed E-state index contributed by atoms with van der Waals surface area (Å²) in [6, 6.07) is 6.02. The van der Waals surface area contributed by atoms with Crippen LogP contribution >= 0.6 is 11.6 Å². The van der Waals surface area contributed by atoms with Gasteiger partial charge < -0.3 is 9.64 Å². The van der Waals surface area contributed by atoms with E-state index in [1.54, 1.807) is 6.20 Å². The summed E-state index contributed by atoms with van der Waals surface area (Å²) in [4.78, 5) is 18.6. The van der Waals surface area contributed by atoms with Crippen molar-refractivity contribution in [2.45, 2.75) is 20.3 Å². The smallest absolute Gasteiger partial charge is 0.322 e. The lowest BCUT2D eigenvalue weighted by Crippen LogP contribution is -2.24. The molecule has 0 N–H and O–H groups in total. The SMILES string of the molecule is CCN(CC)c1nc(Cl)nc(OCCc2ccccn2)n1. The van der Waals surface area contributed by atoms with Crippen molar-refractivity contribution >= 4 is 17.5 Å². The maximum absolute atomic E-state index is 5.92. The minimum Gasteiger partial charge on any atom is -0.463 e. The maximum Gasteiger partial charge on any atom is 0.322 e. The Bertz CT molecular complexity index is 563. The first-order valence-corrected chi connectivity index (χ1v) is 7.30. The van der Waals surface area contributed by atoms with Crippen LogP contribution in [0.1, 0.15) is 19.5 Å². The molecule has 0 spiro atoms. The van der Waals surface area contributed by atoms with Gasteiger partial charge in [-0.3, -0.25) is 4.98 Å². The molecule has 6 nitrogen and oxygen atoms in total. The average Bonchev–Trinajstić information content (AvgIpc) is 2.49. The number of hydrogen-bond acceptors (Lipinski definition) is 6. The van der Waals surface area contributed by atoms with Crippen LogP contribution in [0.4, 0.5) is 5.95 Å². The van der Waals surface area contributed by atoms with E-state index >= 15 is 0 Å². The molecular weight excluding hydrogens is 290 g/mol. The first-order valence-electron chi connectivity index (χ1n) is 6.92. The van der Waals surface area contributed by atoms with Crippen LogP contribution in [0, 0.1) is 0 Å². The second kappa shape index (κ2) is 7.73. The Labute approximate surface area is 129 Å². The average molecular weight is 308 g/mol. The lowest BCUT2D eigenvalue weighted by molar-refractivity contribution is 0.294. The summed E-state index contributed by atoms with van der Waals surface area (Å²) in [5.74, 6) is 0.535. The molecule has 0 amide bonds. The monoisotopic (exact) mass is 307 g/mol. The highest BCUT2D eigenvalue weighted by molar-refractivity contribution is 6.28. The van der Waals surface area contributed by atoms with Crippen molar-refractivity contribution in [2.24, 2.45) is 0 Å². The van der Waals surface area contributed by atoms with Crippen molar-refractivity contribution in [1.82, 2.24) is 19.9 Å². The van der Waals surface area contributed by atoms with Crippen molar-refractivity contribution in [2.75, 3.05) is 24.6 Å². The lowest BCUT2D eigenvalue weighted by Gasteiger charge is -2.18. The van der Waals surface area contributed by atoms with Gasteiger partial charge in [0.2, 0.25) is 11.2 Å². The molecule has 7 heteroatoms. The fraction of sp³-hybridized carbons (Fsp3) is 0.429. The number of rotatable bonds is 7. The summed E-state index contributed by atoms with van der Waals surface area (Å²) in [7, 11) is 0. The van der Waals surface area contributed by atoms with Gasteiger partial charge >= 0.3 is 6.01 Å². The third kappa shape index (κ3) is 4.53. The molecule has 0 fully saturated rings. The number of aromatic nitrogens is 4. The molecule has 2 aromatic heterocycles. The topological polar surface area (TPSA) is 64.0 Å². The summed E-state index contributed by atoms with van der Waals surface area (Å²) in [5, 5.41) is 0.139. The largest absolute Gasteiger partial charge is 0.463 e. The molecule has 0 aromatic carbocycles. The molecule has 112 valence electrons. The number of hydrogen-bond donors (Lipinski definition) is 0. The Morgan fingerprint density at radius 1 is 1.14 bits per heavy atom. The van der Waals surface area contributed by atoms with E-state index in [-0.39, 0.29) is 11.3 Å². The second-order valence-electron chi connectivity index (χ2n) is 4.28. The molecule has 2 aromatic rings. The van der Waals surface area contributed by atoms with E-state index in [9.17, 15) is 0 Å². The van der Waals surface area contributed by atoms with Gasteiger partial charge in [-0.25, -0.2) is 0 Å². The standard InChI is InChI=1S/C14H18ClN5O/c1-3-20(4-2)13-17-12(15)18-14(19-13)21-10-8-11-7-5-6-9-16-11/h5-7,9H,3-4,8,10H2,1-2H3. The van der Waals surface area contributed by atoms with Gasteiger partial charge in [0.05, 0.1) is 6.61 Å². The van der Waals surface area contributed by atoms with Gasteiger partial charge in [0, 0.05) is 31.4 Å². The highest BCUT2D eigenvalue weighted by atomic mass is 35.5. The number of halogens is 1. The van der Waals surface area contributed by atoms with Crippen LogP contribution in [-0.2, 0) is 6.42 Å².